The van der Waals surface area contributed by atoms with Crippen molar-refractivity contribution in [2.45, 2.75) is 38.8 Å². The Kier molecular flexibility index (Phi) is 9.29. The Morgan fingerprint density at radius 2 is 1.84 bits per heavy atom. The number of aryl methyl sites for hydroxylation is 1. The molecule has 1 unspecified atom stereocenters. The van der Waals surface area contributed by atoms with Gasteiger partial charge in [0.2, 0.25) is 0 Å². The number of nitrogens with one attached hydrogen (secondary N) is 1. The number of carbonyl (C=O) groups is 1. The van der Waals surface area contributed by atoms with E-state index in [1.165, 1.54) is 26.2 Å². The fraction of sp³-hybridized carbons (Fsp3) is 0.333. The predicted molar refractivity (Wildman–Crippen MR) is 107 cm³/mol. The van der Waals surface area contributed by atoms with Crippen LogP contribution in [-0.4, -0.2) is 24.2 Å². The molecule has 6 nitrogen and oxygen atoms in total. The van der Waals surface area contributed by atoms with E-state index in [0.29, 0.717) is 17.5 Å². The molecule has 168 valence electrons. The molecule has 0 fully saturated rings. The van der Waals surface area contributed by atoms with Crippen LogP contribution >= 0.6 is 0 Å². The van der Waals surface area contributed by atoms with Crippen LogP contribution in [0.25, 0.3) is 0 Å². The lowest BCUT2D eigenvalue weighted by Gasteiger charge is -2.15. The van der Waals surface area contributed by atoms with Crippen molar-refractivity contribution in [1.82, 2.24) is 0 Å². The lowest BCUT2D eigenvalue weighted by molar-refractivity contribution is -0.385. The second-order valence-electron chi connectivity index (χ2n) is 6.54. The Hall–Kier alpha value is -3.30. The normalized spacial score (nSPS) is 11.7. The molecule has 0 aliphatic heterocycles. The molecule has 0 aliphatic rings. The molecule has 0 aliphatic carbocycles. The topological polar surface area (TPSA) is 93.3 Å². The van der Waals surface area contributed by atoms with Crippen LogP contribution in [0.2, 0.25) is 0 Å². The highest BCUT2D eigenvalue weighted by Gasteiger charge is 2.30. The van der Waals surface area contributed by atoms with Crippen LogP contribution in [0.1, 0.15) is 47.9 Å². The number of halogens is 4. The molecule has 2 rings (SSSR count). The van der Waals surface area contributed by atoms with Crippen molar-refractivity contribution in [3.05, 3.63) is 74.6 Å². The van der Waals surface area contributed by atoms with Gasteiger partial charge in [0.05, 0.1) is 35.1 Å². The van der Waals surface area contributed by atoms with E-state index < -0.39 is 34.4 Å². The number of nitro benzene ring substituents is 1. The summed E-state index contributed by atoms with van der Waals surface area (Å²) in [5.74, 6) is -1.58. The van der Waals surface area contributed by atoms with Gasteiger partial charge < -0.3 is 10.1 Å². The first-order chi connectivity index (χ1) is 14.5. The summed E-state index contributed by atoms with van der Waals surface area (Å²) in [4.78, 5) is 21.3. The van der Waals surface area contributed by atoms with Crippen molar-refractivity contribution in [3.63, 3.8) is 0 Å². The number of benzene rings is 2. The van der Waals surface area contributed by atoms with Crippen molar-refractivity contribution >= 4 is 17.9 Å². The Labute approximate surface area is 176 Å². The molecule has 2 aromatic rings. The average Bonchev–Trinajstić information content (AvgIpc) is 2.71. The van der Waals surface area contributed by atoms with E-state index in [2.05, 4.69) is 4.74 Å². The van der Waals surface area contributed by atoms with E-state index in [4.69, 9.17) is 5.41 Å². The van der Waals surface area contributed by atoms with Crippen LogP contribution < -0.4 is 0 Å². The lowest BCUT2D eigenvalue weighted by atomic mass is 9.94. The van der Waals surface area contributed by atoms with Crippen LogP contribution in [0.4, 0.5) is 23.2 Å². The number of hydrogen-bond acceptors (Lipinski definition) is 5. The zero-order valence-electron chi connectivity index (χ0n) is 17.1. The molecule has 2 aromatic carbocycles. The molecule has 1 N–H and O–H groups in total. The predicted octanol–water partition coefficient (Wildman–Crippen LogP) is 5.80. The van der Waals surface area contributed by atoms with Crippen molar-refractivity contribution in [3.8, 4) is 0 Å². The molecule has 0 saturated carbocycles. The van der Waals surface area contributed by atoms with Crippen LogP contribution in [0.5, 0.6) is 0 Å². The molecule has 0 spiro atoms. The molecule has 10 heteroatoms. The minimum atomic E-state index is -4.36. The molecular weight excluding hydrogens is 420 g/mol. The molecule has 0 bridgehead atoms. The summed E-state index contributed by atoms with van der Waals surface area (Å²) in [6.45, 7) is 3.43. The zero-order chi connectivity index (χ0) is 23.8. The molecule has 0 amide bonds. The standard InChI is InChI=1S/C13H15F3O2.C8H7FN2O2/c1-3-4-11(12(17)18-2)9-5-7-10(8-6-9)13(14,15)16;1-5-2-6(9)3-8(11(12)13)7(5)4-10/h5-8,11H,3-4H2,1-2H3;2-4,10H,1H3. The van der Waals surface area contributed by atoms with Crippen LogP contribution in [0, 0.1) is 28.3 Å². The number of carbonyl (C=O) groups excluding carboxylic acids is 1. The second-order valence-corrected chi connectivity index (χ2v) is 6.54. The minimum absolute atomic E-state index is 0.145. The fourth-order valence-electron chi connectivity index (χ4n) is 2.83. The molecule has 1 atom stereocenters. The van der Waals surface area contributed by atoms with E-state index in [9.17, 15) is 32.5 Å². The Morgan fingerprint density at radius 3 is 2.26 bits per heavy atom. The summed E-state index contributed by atoms with van der Waals surface area (Å²) >= 11 is 0. The number of nitro groups is 1. The van der Waals surface area contributed by atoms with E-state index in [1.54, 1.807) is 0 Å². The maximum Gasteiger partial charge on any atom is 0.416 e. The number of alkyl halides is 3. The molecule has 0 heterocycles. The Balaban J connectivity index is 0.000000327. The summed E-state index contributed by atoms with van der Waals surface area (Å²) in [6, 6.07) is 6.61. The van der Waals surface area contributed by atoms with Crippen molar-refractivity contribution in [1.29, 1.82) is 5.41 Å². The first-order valence-electron chi connectivity index (χ1n) is 9.16. The average molecular weight is 442 g/mol. The monoisotopic (exact) mass is 442 g/mol. The van der Waals surface area contributed by atoms with Gasteiger partial charge >= 0.3 is 12.1 Å². The summed E-state index contributed by atoms with van der Waals surface area (Å²) in [7, 11) is 1.27. The molecule has 0 radical (unpaired) electrons. The molecule has 31 heavy (non-hydrogen) atoms. The van der Waals surface area contributed by atoms with Gasteiger partial charge in [-0.1, -0.05) is 25.5 Å². The quantitative estimate of drug-likeness (QED) is 0.201. The third-order valence-corrected chi connectivity index (χ3v) is 4.37. The van der Waals surface area contributed by atoms with Gasteiger partial charge in [-0.15, -0.1) is 0 Å². The van der Waals surface area contributed by atoms with Gasteiger partial charge in [0.25, 0.3) is 5.69 Å². The number of methoxy groups -OCH3 is 1. The number of nitrogens with zero attached hydrogens (tertiary/aromatic N) is 1. The maximum atomic E-state index is 12.7. The highest BCUT2D eigenvalue weighted by molar-refractivity contribution is 5.85. The summed E-state index contributed by atoms with van der Waals surface area (Å²) < 4.78 is 54.6. The second kappa shape index (κ2) is 11.2. The SMILES string of the molecule is CCCC(C(=O)OC)c1ccc(C(F)(F)F)cc1.Cc1cc(F)cc([N+](=O)[O-])c1C=N. The van der Waals surface area contributed by atoms with Gasteiger partial charge in [0.15, 0.2) is 0 Å². The third kappa shape index (κ3) is 7.16. The Morgan fingerprint density at radius 1 is 1.26 bits per heavy atom. The van der Waals surface area contributed by atoms with Crippen molar-refractivity contribution in [2.24, 2.45) is 0 Å². The first-order valence-corrected chi connectivity index (χ1v) is 9.16. The van der Waals surface area contributed by atoms with Gasteiger partial charge in [-0.3, -0.25) is 14.9 Å². The lowest BCUT2D eigenvalue weighted by Crippen LogP contribution is -2.14. The van der Waals surface area contributed by atoms with Gasteiger partial charge in [0.1, 0.15) is 5.82 Å². The number of rotatable bonds is 6. The molecule has 0 aromatic heterocycles. The maximum absolute atomic E-state index is 12.7. The van der Waals surface area contributed by atoms with Crippen LogP contribution in [-0.2, 0) is 15.7 Å². The molecule has 0 saturated heterocycles. The van der Waals surface area contributed by atoms with Gasteiger partial charge in [-0.25, -0.2) is 4.39 Å². The minimum Gasteiger partial charge on any atom is -0.469 e. The van der Waals surface area contributed by atoms with Crippen LogP contribution in [0.15, 0.2) is 36.4 Å². The van der Waals surface area contributed by atoms with E-state index in [-0.39, 0.29) is 11.3 Å². The zero-order valence-corrected chi connectivity index (χ0v) is 17.1. The number of hydrogen-bond donors (Lipinski definition) is 1. The molecular formula is C21H22F4N2O4. The van der Waals surface area contributed by atoms with E-state index in [0.717, 1.165) is 36.9 Å². The van der Waals surface area contributed by atoms with Crippen molar-refractivity contribution < 1.29 is 32.0 Å². The first kappa shape index (κ1) is 25.7. The van der Waals surface area contributed by atoms with Gasteiger partial charge in [-0.2, -0.15) is 13.2 Å². The number of ether oxygens (including phenoxy) is 1. The highest BCUT2D eigenvalue weighted by Crippen LogP contribution is 2.31. The fourth-order valence-corrected chi connectivity index (χ4v) is 2.83. The van der Waals surface area contributed by atoms with Gasteiger partial charge in [0, 0.05) is 6.21 Å². The van der Waals surface area contributed by atoms with Gasteiger partial charge in [-0.05, 0) is 42.7 Å². The van der Waals surface area contributed by atoms with E-state index in [1.807, 2.05) is 6.92 Å². The largest absolute Gasteiger partial charge is 0.469 e. The van der Waals surface area contributed by atoms with Crippen molar-refractivity contribution in [2.75, 3.05) is 7.11 Å². The smallest absolute Gasteiger partial charge is 0.416 e. The number of esters is 1. The highest BCUT2D eigenvalue weighted by atomic mass is 19.4. The third-order valence-electron chi connectivity index (χ3n) is 4.37. The summed E-state index contributed by atoms with van der Waals surface area (Å²) in [5.41, 5.74) is 0.00339. The van der Waals surface area contributed by atoms with Crippen LogP contribution in [0.3, 0.4) is 0 Å². The van der Waals surface area contributed by atoms with E-state index >= 15 is 0 Å². The Bertz CT molecular complexity index is 928. The summed E-state index contributed by atoms with van der Waals surface area (Å²) in [5, 5.41) is 17.4. The summed E-state index contributed by atoms with van der Waals surface area (Å²) in [6.07, 6.45) is -2.20.